The predicted octanol–water partition coefficient (Wildman–Crippen LogP) is 4.26. The van der Waals surface area contributed by atoms with E-state index in [2.05, 4.69) is 29.6 Å². The second kappa shape index (κ2) is 9.02. The minimum absolute atomic E-state index is 0.00485. The third kappa shape index (κ3) is 4.28. The van der Waals surface area contributed by atoms with Crippen LogP contribution in [0.3, 0.4) is 0 Å². The minimum atomic E-state index is -0.885. The second-order valence-corrected chi connectivity index (χ2v) is 10.6. The van der Waals surface area contributed by atoms with E-state index in [9.17, 15) is 19.5 Å². The molecule has 1 saturated carbocycles. The van der Waals surface area contributed by atoms with Crippen LogP contribution in [0.4, 0.5) is 4.79 Å². The lowest BCUT2D eigenvalue weighted by Crippen LogP contribution is -2.46. The third-order valence-corrected chi connectivity index (χ3v) is 8.31. The summed E-state index contributed by atoms with van der Waals surface area (Å²) in [5.41, 5.74) is 3.86. The molecule has 5 rings (SSSR count). The minimum Gasteiger partial charge on any atom is -0.481 e. The van der Waals surface area contributed by atoms with E-state index >= 15 is 0 Å². The largest absolute Gasteiger partial charge is 0.481 e. The third-order valence-electron chi connectivity index (χ3n) is 8.31. The van der Waals surface area contributed by atoms with Crippen LogP contribution in [0.25, 0.3) is 11.1 Å². The number of likely N-dealkylation sites (tertiary alicyclic amines) is 1. The molecular formula is C28H32N2O5. The van der Waals surface area contributed by atoms with Crippen LogP contribution in [0.2, 0.25) is 0 Å². The fourth-order valence-electron chi connectivity index (χ4n) is 5.82. The molecule has 0 aromatic heterocycles. The van der Waals surface area contributed by atoms with E-state index < -0.39 is 17.5 Å². The van der Waals surface area contributed by atoms with Crippen molar-refractivity contribution in [1.29, 1.82) is 0 Å². The van der Waals surface area contributed by atoms with Gasteiger partial charge in [0.15, 0.2) is 0 Å². The molecule has 2 N–H and O–H groups in total. The first-order valence-corrected chi connectivity index (χ1v) is 12.4. The number of alkyl carbamates (subject to hydrolysis) is 1. The zero-order valence-electron chi connectivity index (χ0n) is 20.2. The van der Waals surface area contributed by atoms with Crippen molar-refractivity contribution in [2.75, 3.05) is 19.7 Å². The number of rotatable bonds is 6. The number of aliphatic carboxylic acids is 1. The van der Waals surface area contributed by atoms with Crippen molar-refractivity contribution in [1.82, 2.24) is 10.2 Å². The highest BCUT2D eigenvalue weighted by molar-refractivity contribution is 5.81. The summed E-state index contributed by atoms with van der Waals surface area (Å²) in [6.07, 6.45) is 1.43. The highest BCUT2D eigenvalue weighted by Crippen LogP contribution is 2.44. The van der Waals surface area contributed by atoms with Crippen LogP contribution in [0.1, 0.15) is 50.2 Å². The Morgan fingerprint density at radius 1 is 1.06 bits per heavy atom. The fraction of sp³-hybridized carbons (Fsp3) is 0.464. The maximum Gasteiger partial charge on any atom is 0.407 e. The number of hydrogen-bond acceptors (Lipinski definition) is 4. The lowest BCUT2D eigenvalue weighted by Gasteiger charge is -2.36. The first-order valence-electron chi connectivity index (χ1n) is 12.4. The molecule has 2 atom stereocenters. The standard InChI is InChI=1S/C28H32N2O5/c1-17-14-30(16-28(17,2)26(32)33)25(31)13-18-11-19(12-18)29-27(34)35-15-24-22-9-5-3-7-20(22)21-8-4-6-10-23(21)24/h3-10,17-19,24H,11-16H2,1-2H3,(H,29,34)(H,32,33). The molecule has 2 aromatic rings. The molecule has 0 spiro atoms. The Bertz CT molecular complexity index is 1110. The molecule has 3 aliphatic rings. The molecule has 184 valence electrons. The van der Waals surface area contributed by atoms with Crippen molar-refractivity contribution in [3.63, 3.8) is 0 Å². The van der Waals surface area contributed by atoms with E-state index in [4.69, 9.17) is 4.74 Å². The van der Waals surface area contributed by atoms with E-state index in [0.29, 0.717) is 13.0 Å². The van der Waals surface area contributed by atoms with E-state index in [1.807, 2.05) is 31.2 Å². The molecule has 35 heavy (non-hydrogen) atoms. The topological polar surface area (TPSA) is 95.9 Å². The molecule has 2 aliphatic carbocycles. The molecule has 2 unspecified atom stereocenters. The van der Waals surface area contributed by atoms with Gasteiger partial charge in [-0.3, -0.25) is 9.59 Å². The van der Waals surface area contributed by atoms with E-state index in [1.54, 1.807) is 11.8 Å². The van der Waals surface area contributed by atoms with Gasteiger partial charge in [0.2, 0.25) is 5.91 Å². The van der Waals surface area contributed by atoms with Crippen molar-refractivity contribution in [2.24, 2.45) is 17.3 Å². The monoisotopic (exact) mass is 476 g/mol. The van der Waals surface area contributed by atoms with Crippen molar-refractivity contribution in [2.45, 2.75) is 45.1 Å². The smallest absolute Gasteiger partial charge is 0.407 e. The SMILES string of the molecule is CC1CN(C(=O)CC2CC(NC(=O)OCC3c4ccccc4-c4ccccc43)C2)CC1(C)C(=O)O. The number of nitrogens with zero attached hydrogens (tertiary/aromatic N) is 1. The Morgan fingerprint density at radius 2 is 1.66 bits per heavy atom. The summed E-state index contributed by atoms with van der Waals surface area (Å²) in [4.78, 5) is 38.5. The lowest BCUT2D eigenvalue weighted by atomic mass is 9.78. The van der Waals surface area contributed by atoms with Gasteiger partial charge in [0.1, 0.15) is 6.61 Å². The number of carbonyl (C=O) groups excluding carboxylic acids is 2. The summed E-state index contributed by atoms with van der Waals surface area (Å²) in [5.74, 6) is -0.691. The molecule has 2 aromatic carbocycles. The Balaban J connectivity index is 1.08. The highest BCUT2D eigenvalue weighted by Gasteiger charge is 2.48. The average molecular weight is 477 g/mol. The van der Waals surface area contributed by atoms with Crippen LogP contribution in [-0.4, -0.2) is 53.7 Å². The Hall–Kier alpha value is -3.35. The van der Waals surface area contributed by atoms with Gasteiger partial charge in [-0.2, -0.15) is 0 Å². The zero-order valence-corrected chi connectivity index (χ0v) is 20.2. The number of amides is 2. The summed E-state index contributed by atoms with van der Waals surface area (Å²) in [6.45, 7) is 4.63. The van der Waals surface area contributed by atoms with Crippen LogP contribution in [0.5, 0.6) is 0 Å². The maximum absolute atomic E-state index is 12.7. The van der Waals surface area contributed by atoms with Crippen molar-refractivity contribution >= 4 is 18.0 Å². The van der Waals surface area contributed by atoms with Gasteiger partial charge in [-0.1, -0.05) is 55.5 Å². The molecule has 1 saturated heterocycles. The van der Waals surface area contributed by atoms with Gasteiger partial charge in [0, 0.05) is 31.5 Å². The lowest BCUT2D eigenvalue weighted by molar-refractivity contribution is -0.149. The number of carbonyl (C=O) groups is 3. The number of ether oxygens (including phenoxy) is 1. The highest BCUT2D eigenvalue weighted by atomic mass is 16.5. The molecule has 0 radical (unpaired) electrons. The number of carboxylic acid groups (broad SMARTS) is 1. The molecule has 0 bridgehead atoms. The molecule has 2 amide bonds. The number of benzene rings is 2. The van der Waals surface area contributed by atoms with Crippen LogP contribution in [-0.2, 0) is 14.3 Å². The number of carboxylic acids is 1. The number of fused-ring (bicyclic) bond motifs is 3. The van der Waals surface area contributed by atoms with E-state index in [-0.39, 0.29) is 42.9 Å². The van der Waals surface area contributed by atoms with Gasteiger partial charge in [0.25, 0.3) is 0 Å². The summed E-state index contributed by atoms with van der Waals surface area (Å²) in [7, 11) is 0. The molecule has 7 heteroatoms. The van der Waals surface area contributed by atoms with Gasteiger partial charge >= 0.3 is 12.1 Å². The first-order chi connectivity index (χ1) is 16.8. The van der Waals surface area contributed by atoms with Gasteiger partial charge < -0.3 is 20.1 Å². The van der Waals surface area contributed by atoms with Gasteiger partial charge in [-0.15, -0.1) is 0 Å². The van der Waals surface area contributed by atoms with Crippen molar-refractivity contribution < 1.29 is 24.2 Å². The summed E-state index contributed by atoms with van der Waals surface area (Å²) in [6, 6.07) is 16.5. The molecule has 2 fully saturated rings. The van der Waals surface area contributed by atoms with Crippen LogP contribution < -0.4 is 5.32 Å². The number of nitrogens with one attached hydrogen (secondary N) is 1. The Kier molecular flexibility index (Phi) is 6.03. The molecular weight excluding hydrogens is 444 g/mol. The molecule has 1 heterocycles. The summed E-state index contributed by atoms with van der Waals surface area (Å²) in [5, 5.41) is 12.5. The Labute approximate surface area is 205 Å². The van der Waals surface area contributed by atoms with E-state index in [0.717, 1.165) is 12.8 Å². The van der Waals surface area contributed by atoms with E-state index in [1.165, 1.54) is 22.3 Å². The average Bonchev–Trinajstić information content (AvgIpc) is 3.31. The molecule has 1 aliphatic heterocycles. The zero-order chi connectivity index (χ0) is 24.7. The van der Waals surface area contributed by atoms with Crippen LogP contribution in [0, 0.1) is 17.3 Å². The van der Waals surface area contributed by atoms with Gasteiger partial charge in [-0.25, -0.2) is 4.79 Å². The van der Waals surface area contributed by atoms with Gasteiger partial charge in [0.05, 0.1) is 5.41 Å². The van der Waals surface area contributed by atoms with Gasteiger partial charge in [-0.05, 0) is 53.9 Å². The fourth-order valence-corrected chi connectivity index (χ4v) is 5.82. The van der Waals surface area contributed by atoms with Crippen molar-refractivity contribution in [3.8, 4) is 11.1 Å². The quantitative estimate of drug-likeness (QED) is 0.649. The maximum atomic E-state index is 12.7. The second-order valence-electron chi connectivity index (χ2n) is 10.6. The summed E-state index contributed by atoms with van der Waals surface area (Å²) < 4.78 is 5.62. The molecule has 7 nitrogen and oxygen atoms in total. The normalized spacial score (nSPS) is 27.0. The predicted molar refractivity (Wildman–Crippen MR) is 131 cm³/mol. The van der Waals surface area contributed by atoms with Crippen LogP contribution >= 0.6 is 0 Å². The Morgan fingerprint density at radius 3 is 2.23 bits per heavy atom. The van der Waals surface area contributed by atoms with Crippen LogP contribution in [0.15, 0.2) is 48.5 Å². The first kappa shape index (κ1) is 23.4. The van der Waals surface area contributed by atoms with Crippen molar-refractivity contribution in [3.05, 3.63) is 59.7 Å². The number of hydrogen-bond donors (Lipinski definition) is 2. The summed E-state index contributed by atoms with van der Waals surface area (Å²) >= 11 is 0.